The number of nitrogens with zero attached hydrogens (tertiary/aromatic N) is 4. The molecule has 1 saturated carbocycles. The summed E-state index contributed by atoms with van der Waals surface area (Å²) in [6.07, 6.45) is 5.02. The van der Waals surface area contributed by atoms with Crippen LogP contribution in [0.3, 0.4) is 0 Å². The zero-order chi connectivity index (χ0) is 21.0. The Balaban J connectivity index is 1.82. The predicted molar refractivity (Wildman–Crippen MR) is 105 cm³/mol. The molecule has 156 valence electrons. The Morgan fingerprint density at radius 3 is 2.72 bits per heavy atom. The van der Waals surface area contributed by atoms with Gasteiger partial charge in [-0.15, -0.1) is 0 Å². The number of nitro groups is 1. The molecular weight excluding hydrogens is 381 g/mol. The maximum absolute atomic E-state index is 13.5. The molecule has 0 atom stereocenters. The van der Waals surface area contributed by atoms with Gasteiger partial charge in [-0.05, 0) is 44.1 Å². The van der Waals surface area contributed by atoms with Crippen LogP contribution in [0.2, 0.25) is 0 Å². The number of halogens is 1. The Labute approximate surface area is 167 Å². The van der Waals surface area contributed by atoms with Gasteiger partial charge in [-0.3, -0.25) is 10.1 Å². The van der Waals surface area contributed by atoms with Gasteiger partial charge in [0.05, 0.1) is 18.2 Å². The second-order valence-electron chi connectivity index (χ2n) is 7.15. The molecular formula is C18H24FN7O3. The van der Waals surface area contributed by atoms with Gasteiger partial charge in [0.1, 0.15) is 11.5 Å². The third-order valence-corrected chi connectivity index (χ3v) is 5.06. The number of rotatable bonds is 7. The van der Waals surface area contributed by atoms with Crippen LogP contribution in [0.1, 0.15) is 36.9 Å². The minimum Gasteiger partial charge on any atom is -0.481 e. The van der Waals surface area contributed by atoms with Crippen LogP contribution in [-0.4, -0.2) is 33.0 Å². The highest BCUT2D eigenvalue weighted by Gasteiger charge is 2.27. The number of hydrogen-bond donors (Lipinski definition) is 3. The van der Waals surface area contributed by atoms with Crippen LogP contribution in [-0.2, 0) is 13.0 Å². The third-order valence-electron chi connectivity index (χ3n) is 5.06. The Hall–Kier alpha value is -3.08. The van der Waals surface area contributed by atoms with E-state index in [2.05, 4.69) is 20.3 Å². The molecule has 0 saturated heterocycles. The first-order valence-corrected chi connectivity index (χ1v) is 9.36. The number of methoxy groups -OCH3 is 1. The van der Waals surface area contributed by atoms with Crippen molar-refractivity contribution in [2.75, 3.05) is 18.2 Å². The summed E-state index contributed by atoms with van der Waals surface area (Å²) in [5.74, 6) is -0.0834. The molecule has 2 heterocycles. The normalized spacial score (nSPS) is 19.0. The van der Waals surface area contributed by atoms with Gasteiger partial charge < -0.3 is 21.5 Å². The summed E-state index contributed by atoms with van der Waals surface area (Å²) in [4.78, 5) is 23.1. The minimum atomic E-state index is -0.553. The van der Waals surface area contributed by atoms with Gasteiger partial charge in [0, 0.05) is 18.2 Å². The molecule has 3 rings (SSSR count). The molecule has 1 fully saturated rings. The summed E-state index contributed by atoms with van der Waals surface area (Å²) in [7, 11) is 1.43. The maximum atomic E-state index is 13.5. The van der Waals surface area contributed by atoms with E-state index in [9.17, 15) is 14.5 Å². The summed E-state index contributed by atoms with van der Waals surface area (Å²) in [6, 6.07) is 1.46. The number of nitrogens with two attached hydrogens (primary N) is 2. The van der Waals surface area contributed by atoms with Crippen LogP contribution in [0.15, 0.2) is 12.3 Å². The van der Waals surface area contributed by atoms with Gasteiger partial charge in [-0.25, -0.2) is 14.4 Å². The lowest BCUT2D eigenvalue weighted by molar-refractivity contribution is -0.385. The van der Waals surface area contributed by atoms with Gasteiger partial charge in [0.2, 0.25) is 17.6 Å². The van der Waals surface area contributed by atoms with Crippen molar-refractivity contribution in [2.24, 2.45) is 11.7 Å². The SMILES string of the molecule is COc1ncc(F)cc1CNc1nc(N)c([N+](=O)[O-])c(C[C@H]2CC[C@H](N)CC2)n1. The summed E-state index contributed by atoms with van der Waals surface area (Å²) in [6.45, 7) is 0.114. The quantitative estimate of drug-likeness (QED) is 0.464. The lowest BCUT2D eigenvalue weighted by Crippen LogP contribution is -2.27. The number of nitrogens with one attached hydrogen (secondary N) is 1. The van der Waals surface area contributed by atoms with Crippen molar-refractivity contribution >= 4 is 17.5 Å². The van der Waals surface area contributed by atoms with Gasteiger partial charge in [-0.1, -0.05) is 0 Å². The van der Waals surface area contributed by atoms with Crippen molar-refractivity contribution in [3.05, 3.63) is 39.5 Å². The summed E-state index contributed by atoms with van der Waals surface area (Å²) >= 11 is 0. The maximum Gasteiger partial charge on any atom is 0.332 e. The van der Waals surface area contributed by atoms with E-state index in [1.54, 1.807) is 0 Å². The zero-order valence-corrected chi connectivity index (χ0v) is 16.1. The minimum absolute atomic E-state index is 0.114. The first-order valence-electron chi connectivity index (χ1n) is 9.36. The fourth-order valence-corrected chi connectivity index (χ4v) is 3.56. The van der Waals surface area contributed by atoms with Gasteiger partial charge >= 0.3 is 5.69 Å². The van der Waals surface area contributed by atoms with E-state index in [-0.39, 0.29) is 47.5 Å². The Kier molecular flexibility index (Phi) is 6.37. The van der Waals surface area contributed by atoms with Crippen molar-refractivity contribution in [1.29, 1.82) is 0 Å². The molecule has 0 aromatic carbocycles. The number of nitrogen functional groups attached to an aromatic ring is 1. The fourth-order valence-electron chi connectivity index (χ4n) is 3.56. The van der Waals surface area contributed by atoms with Gasteiger partial charge in [0.25, 0.3) is 0 Å². The van der Waals surface area contributed by atoms with Crippen molar-refractivity contribution in [3.63, 3.8) is 0 Å². The van der Waals surface area contributed by atoms with E-state index >= 15 is 0 Å². The topological polar surface area (TPSA) is 155 Å². The highest BCUT2D eigenvalue weighted by Crippen LogP contribution is 2.32. The highest BCUT2D eigenvalue weighted by molar-refractivity contribution is 5.58. The molecule has 0 radical (unpaired) electrons. The molecule has 0 bridgehead atoms. The van der Waals surface area contributed by atoms with Crippen molar-refractivity contribution in [1.82, 2.24) is 15.0 Å². The smallest absolute Gasteiger partial charge is 0.332 e. The molecule has 1 aliphatic carbocycles. The standard InChI is InChI=1S/C18H24FN7O3/c1-29-17-11(7-12(19)9-22-17)8-23-18-24-14(15(26(27)28)16(21)25-18)6-10-2-4-13(20)5-3-10/h7,9-10,13H,2-6,8,20H2,1H3,(H3,21,23,24,25)/t10-,13-. The zero-order valence-electron chi connectivity index (χ0n) is 16.1. The number of anilines is 2. The Bertz CT molecular complexity index is 888. The first-order chi connectivity index (χ1) is 13.9. The van der Waals surface area contributed by atoms with E-state index in [1.165, 1.54) is 13.2 Å². The monoisotopic (exact) mass is 405 g/mol. The van der Waals surface area contributed by atoms with Crippen LogP contribution in [0.5, 0.6) is 5.88 Å². The van der Waals surface area contributed by atoms with E-state index < -0.39 is 10.7 Å². The van der Waals surface area contributed by atoms with Crippen LogP contribution in [0, 0.1) is 21.8 Å². The Morgan fingerprint density at radius 2 is 2.07 bits per heavy atom. The van der Waals surface area contributed by atoms with Crippen LogP contribution in [0.4, 0.5) is 21.8 Å². The van der Waals surface area contributed by atoms with Crippen LogP contribution in [0.25, 0.3) is 0 Å². The van der Waals surface area contributed by atoms with E-state index in [0.29, 0.717) is 12.0 Å². The average molecular weight is 405 g/mol. The summed E-state index contributed by atoms with van der Waals surface area (Å²) in [5, 5.41) is 14.4. The fraction of sp³-hybridized carbons (Fsp3) is 0.500. The second-order valence-corrected chi connectivity index (χ2v) is 7.15. The summed E-state index contributed by atoms with van der Waals surface area (Å²) < 4.78 is 18.6. The molecule has 10 nitrogen and oxygen atoms in total. The van der Waals surface area contributed by atoms with Crippen LogP contribution >= 0.6 is 0 Å². The van der Waals surface area contributed by atoms with Crippen molar-refractivity contribution in [3.8, 4) is 5.88 Å². The molecule has 29 heavy (non-hydrogen) atoms. The molecule has 0 spiro atoms. The molecule has 1 aliphatic rings. The molecule has 5 N–H and O–H groups in total. The number of hydrogen-bond acceptors (Lipinski definition) is 9. The molecule has 0 aliphatic heterocycles. The number of aromatic nitrogens is 3. The molecule has 11 heteroatoms. The van der Waals surface area contributed by atoms with Crippen LogP contribution < -0.4 is 21.5 Å². The molecule has 2 aromatic rings. The van der Waals surface area contributed by atoms with Crippen molar-refractivity contribution in [2.45, 2.75) is 44.7 Å². The molecule has 0 amide bonds. The second kappa shape index (κ2) is 8.95. The Morgan fingerprint density at radius 1 is 1.34 bits per heavy atom. The number of pyridine rings is 1. The predicted octanol–water partition coefficient (Wildman–Crippen LogP) is 2.18. The average Bonchev–Trinajstić information content (AvgIpc) is 2.67. The van der Waals surface area contributed by atoms with Gasteiger partial charge in [0.15, 0.2) is 0 Å². The molecule has 2 aromatic heterocycles. The lowest BCUT2D eigenvalue weighted by Gasteiger charge is -2.25. The largest absolute Gasteiger partial charge is 0.481 e. The van der Waals surface area contributed by atoms with Crippen molar-refractivity contribution < 1.29 is 14.1 Å². The summed E-state index contributed by atoms with van der Waals surface area (Å²) in [5.41, 5.74) is 12.3. The van der Waals surface area contributed by atoms with E-state index in [0.717, 1.165) is 31.9 Å². The third kappa shape index (κ3) is 5.05. The number of ether oxygens (including phenoxy) is 1. The van der Waals surface area contributed by atoms with Gasteiger partial charge in [-0.2, -0.15) is 4.98 Å². The van der Waals surface area contributed by atoms with E-state index in [1.807, 2.05) is 0 Å². The molecule has 0 unspecified atom stereocenters. The highest BCUT2D eigenvalue weighted by atomic mass is 19.1. The first kappa shape index (κ1) is 20.6. The van der Waals surface area contributed by atoms with E-state index in [4.69, 9.17) is 16.2 Å². The lowest BCUT2D eigenvalue weighted by atomic mass is 9.83.